The number of likely N-dealkylation sites (tertiary alicyclic amines) is 2. The van der Waals surface area contributed by atoms with Gasteiger partial charge in [-0.15, -0.1) is 0 Å². The predicted molar refractivity (Wildman–Crippen MR) is 90.9 cm³/mol. The van der Waals surface area contributed by atoms with Gasteiger partial charge in [0.2, 0.25) is 5.91 Å². The Hall–Kier alpha value is -1.36. The van der Waals surface area contributed by atoms with Gasteiger partial charge in [-0.3, -0.25) is 14.4 Å². The van der Waals surface area contributed by atoms with Crippen molar-refractivity contribution in [3.05, 3.63) is 18.0 Å². The zero-order chi connectivity index (χ0) is 16.1. The molecule has 5 heteroatoms. The molecular weight excluding hydrogens is 288 g/mol. The maximum absolute atomic E-state index is 12.2. The lowest BCUT2D eigenvalue weighted by Crippen LogP contribution is -2.35. The first-order valence-corrected chi connectivity index (χ1v) is 9.19. The third-order valence-electron chi connectivity index (χ3n) is 5.24. The number of hydrogen-bond acceptors (Lipinski definition) is 3. The second-order valence-electron chi connectivity index (χ2n) is 7.20. The van der Waals surface area contributed by atoms with E-state index in [0.717, 1.165) is 51.3 Å². The Morgan fingerprint density at radius 3 is 2.87 bits per heavy atom. The van der Waals surface area contributed by atoms with E-state index in [-0.39, 0.29) is 0 Å². The summed E-state index contributed by atoms with van der Waals surface area (Å²) in [5, 5.41) is 4.49. The summed E-state index contributed by atoms with van der Waals surface area (Å²) in [6.07, 6.45) is 9.95. The average molecular weight is 318 g/mol. The molecule has 2 saturated heterocycles. The molecule has 0 aliphatic carbocycles. The molecule has 0 N–H and O–H groups in total. The maximum Gasteiger partial charge on any atom is 0.222 e. The Bertz CT molecular complexity index is 513. The van der Waals surface area contributed by atoms with E-state index >= 15 is 0 Å². The van der Waals surface area contributed by atoms with Crippen molar-refractivity contribution in [2.75, 3.05) is 26.2 Å². The van der Waals surface area contributed by atoms with Crippen LogP contribution in [0.2, 0.25) is 0 Å². The molecule has 3 heterocycles. The van der Waals surface area contributed by atoms with Gasteiger partial charge < -0.3 is 4.90 Å². The smallest absolute Gasteiger partial charge is 0.222 e. The summed E-state index contributed by atoms with van der Waals surface area (Å²) in [5.41, 5.74) is 1.16. The fraction of sp³-hybridized carbons (Fsp3) is 0.778. The molecule has 0 saturated carbocycles. The number of amides is 1. The zero-order valence-electron chi connectivity index (χ0n) is 14.4. The van der Waals surface area contributed by atoms with Gasteiger partial charge in [-0.25, -0.2) is 0 Å². The number of hydrogen-bond donors (Lipinski definition) is 0. The van der Waals surface area contributed by atoms with Crippen molar-refractivity contribution < 1.29 is 4.79 Å². The van der Waals surface area contributed by atoms with Crippen molar-refractivity contribution in [1.29, 1.82) is 0 Å². The highest BCUT2D eigenvalue weighted by molar-refractivity contribution is 5.76. The molecule has 0 bridgehead atoms. The molecule has 2 aliphatic heterocycles. The molecule has 5 nitrogen and oxygen atoms in total. The topological polar surface area (TPSA) is 41.4 Å². The van der Waals surface area contributed by atoms with Crippen LogP contribution in [0.15, 0.2) is 12.3 Å². The molecule has 2 fully saturated rings. The molecule has 1 aromatic heterocycles. The van der Waals surface area contributed by atoms with Crippen LogP contribution in [0.1, 0.15) is 50.6 Å². The van der Waals surface area contributed by atoms with Gasteiger partial charge in [0.1, 0.15) is 0 Å². The van der Waals surface area contributed by atoms with Crippen molar-refractivity contribution in [3.8, 4) is 0 Å². The highest BCUT2D eigenvalue weighted by Crippen LogP contribution is 2.22. The lowest BCUT2D eigenvalue weighted by Gasteiger charge is -2.26. The van der Waals surface area contributed by atoms with Crippen LogP contribution in [0, 0.1) is 5.92 Å². The monoisotopic (exact) mass is 318 g/mol. The third kappa shape index (κ3) is 4.80. The van der Waals surface area contributed by atoms with Gasteiger partial charge in [0.15, 0.2) is 0 Å². The molecule has 1 aromatic rings. The summed E-state index contributed by atoms with van der Waals surface area (Å²) in [6.45, 7) is 5.20. The van der Waals surface area contributed by atoms with Crippen LogP contribution in [-0.4, -0.2) is 51.7 Å². The van der Waals surface area contributed by atoms with E-state index in [9.17, 15) is 4.79 Å². The minimum absolute atomic E-state index is 0.386. The molecule has 3 rings (SSSR count). The minimum atomic E-state index is 0.386. The van der Waals surface area contributed by atoms with E-state index in [2.05, 4.69) is 21.0 Å². The van der Waals surface area contributed by atoms with E-state index in [1.807, 2.05) is 17.9 Å². The molecule has 1 unspecified atom stereocenters. The molecular formula is C18H30N4O. The van der Waals surface area contributed by atoms with Crippen LogP contribution < -0.4 is 0 Å². The van der Waals surface area contributed by atoms with Crippen LogP contribution in [0.5, 0.6) is 0 Å². The molecule has 0 aromatic carbocycles. The van der Waals surface area contributed by atoms with Crippen molar-refractivity contribution in [2.45, 2.75) is 51.5 Å². The van der Waals surface area contributed by atoms with Crippen molar-refractivity contribution in [3.63, 3.8) is 0 Å². The lowest BCUT2D eigenvalue weighted by molar-refractivity contribution is -0.131. The Kier molecular flexibility index (Phi) is 5.70. The van der Waals surface area contributed by atoms with Crippen molar-refractivity contribution >= 4 is 5.91 Å². The van der Waals surface area contributed by atoms with Gasteiger partial charge >= 0.3 is 0 Å². The molecule has 1 amide bonds. The zero-order valence-corrected chi connectivity index (χ0v) is 14.4. The first-order valence-electron chi connectivity index (χ1n) is 9.19. The van der Waals surface area contributed by atoms with Crippen molar-refractivity contribution in [2.24, 2.45) is 13.0 Å². The number of carbonyl (C=O) groups excluding carboxylic acids is 1. The standard InChI is InChI=1S/C18H30N4O/c1-20-12-9-17(19-20)15-21-10-5-6-16(8-13-21)14-22-11-4-2-3-7-18(22)23/h9,12,16H,2-8,10-11,13-15H2,1H3. The van der Waals surface area contributed by atoms with Gasteiger partial charge in [-0.05, 0) is 57.2 Å². The summed E-state index contributed by atoms with van der Waals surface area (Å²) in [6, 6.07) is 2.11. The van der Waals surface area contributed by atoms with Crippen LogP contribution in [0.3, 0.4) is 0 Å². The van der Waals surface area contributed by atoms with E-state index < -0.39 is 0 Å². The Labute approximate surface area is 139 Å². The Morgan fingerprint density at radius 1 is 1.13 bits per heavy atom. The van der Waals surface area contributed by atoms with Crippen LogP contribution >= 0.6 is 0 Å². The highest BCUT2D eigenvalue weighted by atomic mass is 16.2. The van der Waals surface area contributed by atoms with Crippen LogP contribution in [0.4, 0.5) is 0 Å². The summed E-state index contributed by atoms with van der Waals surface area (Å²) < 4.78 is 1.88. The van der Waals surface area contributed by atoms with Gasteiger partial charge in [-0.2, -0.15) is 5.10 Å². The van der Waals surface area contributed by atoms with Gasteiger partial charge in [0.25, 0.3) is 0 Å². The molecule has 0 radical (unpaired) electrons. The van der Waals surface area contributed by atoms with E-state index in [4.69, 9.17) is 0 Å². The lowest BCUT2D eigenvalue weighted by atomic mass is 10.00. The fourth-order valence-electron chi connectivity index (χ4n) is 3.89. The summed E-state index contributed by atoms with van der Waals surface area (Å²) >= 11 is 0. The number of rotatable bonds is 4. The Balaban J connectivity index is 1.48. The van der Waals surface area contributed by atoms with Crippen molar-refractivity contribution in [1.82, 2.24) is 19.6 Å². The molecule has 23 heavy (non-hydrogen) atoms. The van der Waals surface area contributed by atoms with Gasteiger partial charge in [-0.1, -0.05) is 6.42 Å². The van der Waals surface area contributed by atoms with Gasteiger partial charge in [0, 0.05) is 39.3 Å². The van der Waals surface area contributed by atoms with E-state index in [0.29, 0.717) is 11.8 Å². The molecule has 128 valence electrons. The third-order valence-corrected chi connectivity index (χ3v) is 5.24. The number of carbonyl (C=O) groups is 1. The number of aromatic nitrogens is 2. The maximum atomic E-state index is 12.2. The predicted octanol–water partition coefficient (Wildman–Crippen LogP) is 2.42. The molecule has 0 spiro atoms. The molecule has 2 aliphatic rings. The summed E-state index contributed by atoms with van der Waals surface area (Å²) in [7, 11) is 1.97. The second kappa shape index (κ2) is 7.95. The highest BCUT2D eigenvalue weighted by Gasteiger charge is 2.23. The summed E-state index contributed by atoms with van der Waals surface area (Å²) in [4.78, 5) is 16.9. The number of nitrogens with zero attached hydrogens (tertiary/aromatic N) is 4. The quantitative estimate of drug-likeness (QED) is 0.856. The normalized spacial score (nSPS) is 24.5. The van der Waals surface area contributed by atoms with E-state index in [1.165, 1.54) is 32.1 Å². The minimum Gasteiger partial charge on any atom is -0.342 e. The molecule has 1 atom stereocenters. The fourth-order valence-corrected chi connectivity index (χ4v) is 3.89. The van der Waals surface area contributed by atoms with Gasteiger partial charge in [0.05, 0.1) is 5.69 Å². The first kappa shape index (κ1) is 16.5. The van der Waals surface area contributed by atoms with Crippen LogP contribution in [0.25, 0.3) is 0 Å². The average Bonchev–Trinajstić information content (AvgIpc) is 2.72. The SMILES string of the molecule is Cn1ccc(CN2CCCC(CN3CCCCCC3=O)CC2)n1. The largest absolute Gasteiger partial charge is 0.342 e. The van der Waals surface area contributed by atoms with E-state index in [1.54, 1.807) is 0 Å². The van der Waals surface area contributed by atoms with Crippen LogP contribution in [-0.2, 0) is 18.4 Å². The summed E-state index contributed by atoms with van der Waals surface area (Å²) in [5.74, 6) is 1.06. The number of aryl methyl sites for hydroxylation is 1. The first-order chi connectivity index (χ1) is 11.2. The Morgan fingerprint density at radius 2 is 2.04 bits per heavy atom. The second-order valence-corrected chi connectivity index (χ2v) is 7.20.